The van der Waals surface area contributed by atoms with Gasteiger partial charge in [0.25, 0.3) is 0 Å². The van der Waals surface area contributed by atoms with E-state index in [1.54, 1.807) is 7.11 Å². The number of hydrogen-bond donors (Lipinski definition) is 3. The summed E-state index contributed by atoms with van der Waals surface area (Å²) in [6.45, 7) is 10.5. The number of nitrogens with zero attached hydrogens (tertiary/aromatic N) is 3. The Balaban J connectivity index is 0.00000784. The van der Waals surface area contributed by atoms with E-state index in [9.17, 15) is 4.79 Å². The van der Waals surface area contributed by atoms with Crippen molar-refractivity contribution in [3.8, 4) is 0 Å². The third-order valence-corrected chi connectivity index (χ3v) is 5.16. The van der Waals surface area contributed by atoms with Crippen LogP contribution in [0, 0.1) is 5.92 Å². The van der Waals surface area contributed by atoms with E-state index in [-0.39, 0.29) is 35.8 Å². The molecule has 0 saturated carbocycles. The monoisotopic (exact) mass is 526 g/mol. The second-order valence-corrected chi connectivity index (χ2v) is 7.56. The van der Waals surface area contributed by atoms with E-state index < -0.39 is 0 Å². The predicted molar refractivity (Wildman–Crippen MR) is 131 cm³/mol. The highest BCUT2D eigenvalue weighted by molar-refractivity contribution is 14.0. The largest absolute Gasteiger partial charge is 0.385 e. The SMILES string of the molecule is CCNC(=NCCCCN1CCC(C(N)=O)CC1)NCCN(C)CCCOC.I. The van der Waals surface area contributed by atoms with Gasteiger partial charge in [0.2, 0.25) is 5.91 Å². The van der Waals surface area contributed by atoms with Crippen LogP contribution in [0.4, 0.5) is 0 Å². The summed E-state index contributed by atoms with van der Waals surface area (Å²) in [5.41, 5.74) is 5.39. The highest BCUT2D eigenvalue weighted by Crippen LogP contribution is 2.16. The summed E-state index contributed by atoms with van der Waals surface area (Å²) in [7, 11) is 3.88. The first-order chi connectivity index (χ1) is 13.6. The number of nitrogens with two attached hydrogens (primary N) is 1. The molecular weight excluding hydrogens is 483 g/mol. The quantitative estimate of drug-likeness (QED) is 0.136. The van der Waals surface area contributed by atoms with Crippen LogP contribution in [0.15, 0.2) is 4.99 Å². The normalized spacial score (nSPS) is 15.9. The number of amides is 1. The average Bonchev–Trinajstić information content (AvgIpc) is 2.68. The van der Waals surface area contributed by atoms with E-state index in [1.807, 2.05) is 0 Å². The number of carbonyl (C=O) groups excluding carboxylic acids is 1. The van der Waals surface area contributed by atoms with Crippen LogP contribution in [0.1, 0.15) is 39.0 Å². The molecular formula is C20H43IN6O2. The first-order valence-corrected chi connectivity index (χ1v) is 10.8. The Kier molecular flexibility index (Phi) is 17.7. The van der Waals surface area contributed by atoms with E-state index in [4.69, 9.17) is 10.5 Å². The zero-order chi connectivity index (χ0) is 20.6. The molecule has 0 aromatic heterocycles. The molecule has 172 valence electrons. The number of halogens is 1. The Labute approximate surface area is 194 Å². The summed E-state index contributed by atoms with van der Waals surface area (Å²) in [5, 5.41) is 6.72. The first kappa shape index (κ1) is 28.4. The molecule has 0 aromatic rings. The molecule has 0 radical (unpaired) electrons. The molecule has 1 rings (SSSR count). The second kappa shape index (κ2) is 18.1. The fraction of sp³-hybridized carbons (Fsp3) is 0.900. The molecule has 1 aliphatic heterocycles. The van der Waals surface area contributed by atoms with Gasteiger partial charge >= 0.3 is 0 Å². The molecule has 0 aliphatic carbocycles. The number of aliphatic imine (C=N–C) groups is 1. The number of nitrogens with one attached hydrogen (secondary N) is 2. The number of guanidine groups is 1. The lowest BCUT2D eigenvalue weighted by Crippen LogP contribution is -2.41. The molecule has 1 heterocycles. The number of methoxy groups -OCH3 is 1. The van der Waals surface area contributed by atoms with Crippen molar-refractivity contribution in [2.45, 2.75) is 39.0 Å². The topological polar surface area (TPSA) is 95.2 Å². The van der Waals surface area contributed by atoms with Crippen LogP contribution in [0.25, 0.3) is 0 Å². The van der Waals surface area contributed by atoms with E-state index in [1.165, 1.54) is 0 Å². The highest BCUT2D eigenvalue weighted by Gasteiger charge is 2.22. The van der Waals surface area contributed by atoms with Crippen molar-refractivity contribution in [1.29, 1.82) is 0 Å². The number of likely N-dealkylation sites (N-methyl/N-ethyl adjacent to an activating group) is 1. The van der Waals surface area contributed by atoms with Gasteiger partial charge < -0.3 is 30.9 Å². The number of ether oxygens (including phenoxy) is 1. The van der Waals surface area contributed by atoms with Crippen LogP contribution in [0.5, 0.6) is 0 Å². The molecule has 1 aliphatic rings. The molecule has 1 fully saturated rings. The highest BCUT2D eigenvalue weighted by atomic mass is 127. The van der Waals surface area contributed by atoms with E-state index in [2.05, 4.69) is 39.4 Å². The van der Waals surface area contributed by atoms with Gasteiger partial charge in [0.1, 0.15) is 0 Å². The molecule has 1 saturated heterocycles. The van der Waals surface area contributed by atoms with Gasteiger partial charge in [-0.2, -0.15) is 0 Å². The van der Waals surface area contributed by atoms with Crippen molar-refractivity contribution >= 4 is 35.8 Å². The maximum Gasteiger partial charge on any atom is 0.220 e. The van der Waals surface area contributed by atoms with Crippen LogP contribution in [-0.4, -0.2) is 94.8 Å². The number of hydrogen-bond acceptors (Lipinski definition) is 5. The van der Waals surface area contributed by atoms with Gasteiger partial charge in [0.15, 0.2) is 5.96 Å². The number of piperidine rings is 1. The summed E-state index contributed by atoms with van der Waals surface area (Å²) in [5.74, 6) is 0.835. The van der Waals surface area contributed by atoms with Gasteiger partial charge in [0.05, 0.1) is 0 Å². The molecule has 0 unspecified atom stereocenters. The van der Waals surface area contributed by atoms with Crippen LogP contribution in [0.2, 0.25) is 0 Å². The summed E-state index contributed by atoms with van der Waals surface area (Å²) in [6, 6.07) is 0. The molecule has 4 N–H and O–H groups in total. The summed E-state index contributed by atoms with van der Waals surface area (Å²) >= 11 is 0. The lowest BCUT2D eigenvalue weighted by Gasteiger charge is -2.30. The average molecular weight is 527 g/mol. The zero-order valence-corrected chi connectivity index (χ0v) is 21.0. The number of likely N-dealkylation sites (tertiary alicyclic amines) is 1. The fourth-order valence-electron chi connectivity index (χ4n) is 3.38. The Bertz CT molecular complexity index is 445. The third-order valence-electron chi connectivity index (χ3n) is 5.16. The fourth-order valence-corrected chi connectivity index (χ4v) is 3.38. The molecule has 1 amide bonds. The van der Waals surface area contributed by atoms with Gasteiger partial charge in [-0.3, -0.25) is 9.79 Å². The third kappa shape index (κ3) is 14.1. The lowest BCUT2D eigenvalue weighted by molar-refractivity contribution is -0.123. The smallest absolute Gasteiger partial charge is 0.220 e. The second-order valence-electron chi connectivity index (χ2n) is 7.56. The Morgan fingerprint density at radius 2 is 1.93 bits per heavy atom. The van der Waals surface area contributed by atoms with Crippen molar-refractivity contribution < 1.29 is 9.53 Å². The number of primary amides is 1. The predicted octanol–water partition coefficient (Wildman–Crippen LogP) is 1.11. The van der Waals surface area contributed by atoms with Crippen molar-refractivity contribution in [3.63, 3.8) is 0 Å². The summed E-state index contributed by atoms with van der Waals surface area (Å²) in [4.78, 5) is 20.6. The molecule has 29 heavy (non-hydrogen) atoms. The Morgan fingerprint density at radius 3 is 2.55 bits per heavy atom. The summed E-state index contributed by atoms with van der Waals surface area (Å²) in [6.07, 6.45) is 5.07. The lowest BCUT2D eigenvalue weighted by atomic mass is 9.96. The van der Waals surface area contributed by atoms with Gasteiger partial charge in [-0.15, -0.1) is 24.0 Å². The molecule has 0 spiro atoms. The first-order valence-electron chi connectivity index (χ1n) is 10.8. The van der Waals surface area contributed by atoms with Gasteiger partial charge in [-0.25, -0.2) is 0 Å². The molecule has 0 atom stereocenters. The van der Waals surface area contributed by atoms with E-state index in [0.29, 0.717) is 0 Å². The van der Waals surface area contributed by atoms with Crippen molar-refractivity contribution in [3.05, 3.63) is 0 Å². The van der Waals surface area contributed by atoms with E-state index >= 15 is 0 Å². The zero-order valence-electron chi connectivity index (χ0n) is 18.6. The standard InChI is InChI=1S/C20H42N6O2.HI/c1-4-22-20(24-11-16-25(2)12-7-17-28-3)23-10-5-6-13-26-14-8-18(9-15-26)19(21)27;/h18H,4-17H2,1-3H3,(H2,21,27)(H2,22,23,24);1H. The van der Waals surface area contributed by atoms with E-state index in [0.717, 1.165) is 97.0 Å². The Morgan fingerprint density at radius 1 is 1.21 bits per heavy atom. The van der Waals surface area contributed by atoms with Crippen molar-refractivity contribution in [2.75, 3.05) is 73.1 Å². The van der Waals surface area contributed by atoms with Gasteiger partial charge in [-0.05, 0) is 65.7 Å². The van der Waals surface area contributed by atoms with Crippen LogP contribution >= 0.6 is 24.0 Å². The van der Waals surface area contributed by atoms with Crippen LogP contribution < -0.4 is 16.4 Å². The maximum absolute atomic E-state index is 11.2. The minimum absolute atomic E-state index is 0. The molecule has 0 bridgehead atoms. The minimum Gasteiger partial charge on any atom is -0.385 e. The molecule has 0 aromatic carbocycles. The van der Waals surface area contributed by atoms with Gasteiger partial charge in [0, 0.05) is 52.4 Å². The number of rotatable bonds is 14. The number of carbonyl (C=O) groups is 1. The van der Waals surface area contributed by atoms with Crippen molar-refractivity contribution in [1.82, 2.24) is 20.4 Å². The molecule has 8 nitrogen and oxygen atoms in total. The number of unbranched alkanes of at least 4 members (excludes halogenated alkanes) is 1. The van der Waals surface area contributed by atoms with Crippen LogP contribution in [0.3, 0.4) is 0 Å². The molecule has 9 heteroatoms. The summed E-state index contributed by atoms with van der Waals surface area (Å²) < 4.78 is 5.09. The van der Waals surface area contributed by atoms with Gasteiger partial charge in [-0.1, -0.05) is 0 Å². The Hall–Kier alpha value is -0.650. The minimum atomic E-state index is -0.140. The van der Waals surface area contributed by atoms with Crippen molar-refractivity contribution in [2.24, 2.45) is 16.6 Å². The van der Waals surface area contributed by atoms with Crippen LogP contribution in [-0.2, 0) is 9.53 Å². The maximum atomic E-state index is 11.2.